The summed E-state index contributed by atoms with van der Waals surface area (Å²) in [5.74, 6) is 1.84. The molecule has 0 fully saturated rings. The fourth-order valence-corrected chi connectivity index (χ4v) is 0.704. The number of rotatable bonds is 1. The molecule has 0 aliphatic rings. The molecule has 3 nitrogen and oxygen atoms in total. The van der Waals surface area contributed by atoms with Crippen molar-refractivity contribution in [1.29, 1.82) is 0 Å². The quantitative estimate of drug-likeness (QED) is 0.503. The molecule has 1 aromatic rings. The highest BCUT2D eigenvalue weighted by Crippen LogP contribution is 1.94. The first-order valence-electron chi connectivity index (χ1n) is 3.54. The van der Waals surface area contributed by atoms with Crippen LogP contribution in [0.3, 0.4) is 0 Å². The third-order valence-electron chi connectivity index (χ3n) is 1.29. The Balaban J connectivity index is 2.80. The highest BCUT2D eigenvalue weighted by atomic mass is 16.4. The van der Waals surface area contributed by atoms with E-state index < -0.39 is 11.8 Å². The van der Waals surface area contributed by atoms with E-state index in [9.17, 15) is 9.59 Å². The summed E-state index contributed by atoms with van der Waals surface area (Å²) in [6, 6.07) is 8.72. The van der Waals surface area contributed by atoms with Crippen molar-refractivity contribution in [2.75, 3.05) is 0 Å². The molecule has 0 atom stereocenters. The lowest BCUT2D eigenvalue weighted by atomic mass is 10.2. The van der Waals surface area contributed by atoms with E-state index in [1.807, 2.05) is 12.0 Å². The molecule has 0 aliphatic heterocycles. The van der Waals surface area contributed by atoms with E-state index in [2.05, 4.69) is 5.92 Å². The third kappa shape index (κ3) is 2.80. The highest BCUT2D eigenvalue weighted by Gasteiger charge is 2.05. The van der Waals surface area contributed by atoms with E-state index in [1.54, 1.807) is 24.3 Å². The van der Waals surface area contributed by atoms with Crippen LogP contribution in [0.2, 0.25) is 0 Å². The van der Waals surface area contributed by atoms with Gasteiger partial charge in [-0.3, -0.25) is 4.79 Å². The number of carbonyl (C=O) groups is 2. The molecule has 0 saturated heterocycles. The number of carboxylic acid groups (broad SMARTS) is 1. The molecular weight excluding hydrogens is 168 g/mol. The fourth-order valence-electron chi connectivity index (χ4n) is 0.704. The SMILES string of the molecule is O=C(O)C(=O)C#Cc1ccccc1. The minimum Gasteiger partial charge on any atom is -0.475 e. The number of carboxylic acids is 1. The summed E-state index contributed by atoms with van der Waals surface area (Å²) < 4.78 is 0. The topological polar surface area (TPSA) is 54.4 Å². The molecular formula is C10H6O3. The molecule has 1 N–H and O–H groups in total. The van der Waals surface area contributed by atoms with Gasteiger partial charge >= 0.3 is 11.8 Å². The number of Topliss-reactive ketones (excluding diaryl/α,β-unsaturated/α-hetero) is 1. The zero-order valence-corrected chi connectivity index (χ0v) is 6.65. The van der Waals surface area contributed by atoms with Gasteiger partial charge in [-0.1, -0.05) is 24.1 Å². The first kappa shape index (κ1) is 9.01. The number of benzene rings is 1. The average Bonchev–Trinajstić information content (AvgIpc) is 2.15. The molecule has 0 aliphatic carbocycles. The van der Waals surface area contributed by atoms with Crippen molar-refractivity contribution in [3.05, 3.63) is 35.9 Å². The highest BCUT2D eigenvalue weighted by molar-refractivity contribution is 6.40. The van der Waals surface area contributed by atoms with Gasteiger partial charge in [0.05, 0.1) is 0 Å². The van der Waals surface area contributed by atoms with Gasteiger partial charge < -0.3 is 5.11 Å². The molecule has 0 radical (unpaired) electrons. The van der Waals surface area contributed by atoms with Crippen LogP contribution in [0.15, 0.2) is 30.3 Å². The lowest BCUT2D eigenvalue weighted by Gasteiger charge is -1.85. The van der Waals surface area contributed by atoms with Crippen molar-refractivity contribution in [2.45, 2.75) is 0 Å². The number of carbonyl (C=O) groups excluding carboxylic acids is 1. The van der Waals surface area contributed by atoms with Crippen molar-refractivity contribution >= 4 is 11.8 Å². The largest absolute Gasteiger partial charge is 0.475 e. The van der Waals surface area contributed by atoms with E-state index in [0.717, 1.165) is 0 Å². The fraction of sp³-hybridized carbons (Fsp3) is 0. The summed E-state index contributed by atoms with van der Waals surface area (Å²) >= 11 is 0. The summed E-state index contributed by atoms with van der Waals surface area (Å²) in [5, 5.41) is 8.21. The standard InChI is InChI=1S/C10H6O3/c11-9(10(12)13)7-6-8-4-2-1-3-5-8/h1-5H,(H,12,13). The molecule has 1 aromatic carbocycles. The van der Waals surface area contributed by atoms with Crippen LogP contribution in [-0.4, -0.2) is 16.9 Å². The van der Waals surface area contributed by atoms with Gasteiger partial charge in [-0.25, -0.2) is 4.79 Å². The van der Waals surface area contributed by atoms with Gasteiger partial charge in [-0.05, 0) is 18.1 Å². The lowest BCUT2D eigenvalue weighted by Crippen LogP contribution is -2.08. The van der Waals surface area contributed by atoms with Crippen LogP contribution in [0.4, 0.5) is 0 Å². The number of hydrogen-bond donors (Lipinski definition) is 1. The Morgan fingerprint density at radius 3 is 2.31 bits per heavy atom. The first-order valence-corrected chi connectivity index (χ1v) is 3.54. The molecule has 0 spiro atoms. The van der Waals surface area contributed by atoms with E-state index in [0.29, 0.717) is 5.56 Å². The van der Waals surface area contributed by atoms with Crippen LogP contribution < -0.4 is 0 Å². The predicted octanol–water partition coefficient (Wildman–Crippen LogP) is 0.692. The van der Waals surface area contributed by atoms with Crippen LogP contribution in [0.5, 0.6) is 0 Å². The number of hydrogen-bond acceptors (Lipinski definition) is 2. The minimum absolute atomic E-state index is 0.622. The van der Waals surface area contributed by atoms with E-state index in [-0.39, 0.29) is 0 Å². The van der Waals surface area contributed by atoms with Crippen molar-refractivity contribution in [3.8, 4) is 11.8 Å². The Bertz CT molecular complexity index is 382. The minimum atomic E-state index is -1.52. The molecule has 0 amide bonds. The Labute approximate surface area is 75.0 Å². The van der Waals surface area contributed by atoms with Crippen molar-refractivity contribution in [2.24, 2.45) is 0 Å². The van der Waals surface area contributed by atoms with Crippen LogP contribution in [0.25, 0.3) is 0 Å². The molecule has 0 saturated carbocycles. The van der Waals surface area contributed by atoms with Gasteiger partial charge in [-0.15, -0.1) is 0 Å². The Kier molecular flexibility index (Phi) is 2.82. The van der Waals surface area contributed by atoms with Crippen molar-refractivity contribution in [1.82, 2.24) is 0 Å². The second-order valence-electron chi connectivity index (χ2n) is 2.25. The second-order valence-corrected chi connectivity index (χ2v) is 2.25. The van der Waals surface area contributed by atoms with Crippen molar-refractivity contribution < 1.29 is 14.7 Å². The summed E-state index contributed by atoms with van der Waals surface area (Å²) in [5.41, 5.74) is 0.622. The van der Waals surface area contributed by atoms with Crippen LogP contribution in [-0.2, 0) is 9.59 Å². The van der Waals surface area contributed by atoms with Gasteiger partial charge in [0.25, 0.3) is 0 Å². The second kappa shape index (κ2) is 4.07. The zero-order valence-electron chi connectivity index (χ0n) is 6.65. The van der Waals surface area contributed by atoms with E-state index >= 15 is 0 Å². The van der Waals surface area contributed by atoms with Gasteiger partial charge in [0, 0.05) is 5.56 Å². The smallest absolute Gasteiger partial charge is 0.385 e. The van der Waals surface area contributed by atoms with Crippen LogP contribution in [0.1, 0.15) is 5.56 Å². The maximum atomic E-state index is 10.5. The maximum Gasteiger partial charge on any atom is 0.385 e. The maximum absolute atomic E-state index is 10.5. The monoisotopic (exact) mass is 174 g/mol. The molecule has 3 heteroatoms. The number of aliphatic carboxylic acids is 1. The summed E-state index contributed by atoms with van der Waals surface area (Å²) in [6.45, 7) is 0. The summed E-state index contributed by atoms with van der Waals surface area (Å²) in [6.07, 6.45) is 0. The number of ketones is 1. The summed E-state index contributed by atoms with van der Waals surface area (Å²) in [7, 11) is 0. The van der Waals surface area contributed by atoms with Crippen LogP contribution in [0, 0.1) is 11.8 Å². The van der Waals surface area contributed by atoms with Gasteiger partial charge in [0.2, 0.25) is 0 Å². The molecule has 1 rings (SSSR count). The molecule has 64 valence electrons. The van der Waals surface area contributed by atoms with Gasteiger partial charge in [0.15, 0.2) is 0 Å². The molecule has 0 bridgehead atoms. The Morgan fingerprint density at radius 2 is 1.77 bits per heavy atom. The Morgan fingerprint density at radius 1 is 1.15 bits per heavy atom. The summed E-state index contributed by atoms with van der Waals surface area (Å²) in [4.78, 5) is 20.6. The van der Waals surface area contributed by atoms with Crippen LogP contribution >= 0.6 is 0 Å². The first-order chi connectivity index (χ1) is 6.20. The molecule has 0 aromatic heterocycles. The lowest BCUT2D eigenvalue weighted by molar-refractivity contribution is -0.146. The molecule has 0 heterocycles. The Hall–Kier alpha value is -2.08. The zero-order chi connectivity index (χ0) is 9.68. The van der Waals surface area contributed by atoms with Gasteiger partial charge in [0.1, 0.15) is 0 Å². The predicted molar refractivity (Wildman–Crippen MR) is 46.0 cm³/mol. The normalized spacial score (nSPS) is 8.31. The van der Waals surface area contributed by atoms with Crippen molar-refractivity contribution in [3.63, 3.8) is 0 Å². The van der Waals surface area contributed by atoms with E-state index in [4.69, 9.17) is 5.11 Å². The average molecular weight is 174 g/mol. The van der Waals surface area contributed by atoms with Gasteiger partial charge in [-0.2, -0.15) is 0 Å². The molecule has 13 heavy (non-hydrogen) atoms. The van der Waals surface area contributed by atoms with E-state index in [1.165, 1.54) is 0 Å². The molecule has 0 unspecified atom stereocenters. The third-order valence-corrected chi connectivity index (χ3v) is 1.29.